The standard InChI is InChI=1S/C21H26FN7S/c1-14-11-16(5-6-19(14)30-29-9-7-27(3)8-10-29)25-21-24-12-17(22)20(26-21)18-13-23-15(2)28(18)4/h5-6,11-13H,7-10H2,1-4H3,(H,24,25,26). The molecule has 1 N–H and O–H groups in total. The van der Waals surface area contributed by atoms with Gasteiger partial charge < -0.3 is 14.8 Å². The van der Waals surface area contributed by atoms with Gasteiger partial charge in [-0.1, -0.05) is 0 Å². The second-order valence-corrected chi connectivity index (χ2v) is 8.71. The molecule has 0 aliphatic carbocycles. The third kappa shape index (κ3) is 4.48. The van der Waals surface area contributed by atoms with Gasteiger partial charge in [-0.05, 0) is 56.6 Å². The van der Waals surface area contributed by atoms with Crippen molar-refractivity contribution in [3.05, 3.63) is 47.8 Å². The van der Waals surface area contributed by atoms with Crippen LogP contribution in [0.2, 0.25) is 0 Å². The van der Waals surface area contributed by atoms with Crippen LogP contribution >= 0.6 is 11.9 Å². The summed E-state index contributed by atoms with van der Waals surface area (Å²) in [6, 6.07) is 6.18. The van der Waals surface area contributed by atoms with E-state index in [1.54, 1.807) is 18.1 Å². The molecule has 1 saturated heterocycles. The van der Waals surface area contributed by atoms with Crippen molar-refractivity contribution < 1.29 is 4.39 Å². The highest BCUT2D eigenvalue weighted by Crippen LogP contribution is 2.30. The summed E-state index contributed by atoms with van der Waals surface area (Å²) < 4.78 is 18.6. The van der Waals surface area contributed by atoms with Gasteiger partial charge in [-0.25, -0.2) is 23.6 Å². The summed E-state index contributed by atoms with van der Waals surface area (Å²) in [7, 11) is 4.00. The van der Waals surface area contributed by atoms with Crippen LogP contribution < -0.4 is 5.32 Å². The molecule has 0 unspecified atom stereocenters. The Hall–Kier alpha value is -2.49. The van der Waals surface area contributed by atoms with Crippen LogP contribution in [0.1, 0.15) is 11.4 Å². The van der Waals surface area contributed by atoms with Crippen molar-refractivity contribution >= 4 is 23.6 Å². The second kappa shape index (κ2) is 8.71. The third-order valence-corrected chi connectivity index (χ3v) is 6.61. The number of hydrogen-bond donors (Lipinski definition) is 1. The van der Waals surface area contributed by atoms with Gasteiger partial charge in [0.05, 0.1) is 18.1 Å². The predicted molar refractivity (Wildman–Crippen MR) is 118 cm³/mol. The van der Waals surface area contributed by atoms with E-state index in [9.17, 15) is 4.39 Å². The van der Waals surface area contributed by atoms with Gasteiger partial charge in [0, 0.05) is 43.8 Å². The Morgan fingerprint density at radius 1 is 1.03 bits per heavy atom. The first-order valence-corrected chi connectivity index (χ1v) is 10.7. The number of halogens is 1. The number of benzene rings is 1. The summed E-state index contributed by atoms with van der Waals surface area (Å²) in [5.74, 6) is 0.671. The zero-order valence-electron chi connectivity index (χ0n) is 17.7. The summed E-state index contributed by atoms with van der Waals surface area (Å²) in [5.41, 5.74) is 2.89. The topological polar surface area (TPSA) is 62.1 Å². The largest absolute Gasteiger partial charge is 0.330 e. The van der Waals surface area contributed by atoms with E-state index in [1.165, 1.54) is 16.7 Å². The number of likely N-dealkylation sites (N-methyl/N-ethyl adjacent to an activating group) is 1. The monoisotopic (exact) mass is 427 g/mol. The minimum absolute atomic E-state index is 0.231. The van der Waals surface area contributed by atoms with Crippen molar-refractivity contribution in [2.24, 2.45) is 7.05 Å². The molecule has 4 rings (SSSR count). The normalized spacial score (nSPS) is 15.5. The molecule has 3 aromatic rings. The van der Waals surface area contributed by atoms with E-state index in [4.69, 9.17) is 0 Å². The van der Waals surface area contributed by atoms with Crippen molar-refractivity contribution in [3.8, 4) is 11.4 Å². The maximum Gasteiger partial charge on any atom is 0.227 e. The molecule has 0 radical (unpaired) electrons. The van der Waals surface area contributed by atoms with Gasteiger partial charge in [-0.3, -0.25) is 0 Å². The van der Waals surface area contributed by atoms with E-state index in [0.717, 1.165) is 37.7 Å². The van der Waals surface area contributed by atoms with Gasteiger partial charge in [0.2, 0.25) is 5.95 Å². The van der Waals surface area contributed by atoms with Crippen molar-refractivity contribution in [1.82, 2.24) is 28.7 Å². The fraction of sp³-hybridized carbons (Fsp3) is 0.381. The highest BCUT2D eigenvalue weighted by atomic mass is 32.2. The van der Waals surface area contributed by atoms with E-state index >= 15 is 0 Å². The Labute approximate surface area is 180 Å². The molecular formula is C21H26FN7S. The molecule has 7 nitrogen and oxygen atoms in total. The van der Waals surface area contributed by atoms with E-state index in [2.05, 4.69) is 55.6 Å². The number of aryl methyl sites for hydroxylation is 2. The average Bonchev–Trinajstić information content (AvgIpc) is 3.06. The van der Waals surface area contributed by atoms with Crippen LogP contribution in [0.25, 0.3) is 11.4 Å². The maximum atomic E-state index is 14.3. The molecule has 30 heavy (non-hydrogen) atoms. The van der Waals surface area contributed by atoms with E-state index < -0.39 is 5.82 Å². The molecule has 1 fully saturated rings. The number of hydrogen-bond acceptors (Lipinski definition) is 7. The van der Waals surface area contributed by atoms with Crippen LogP contribution in [0, 0.1) is 19.7 Å². The first-order valence-electron chi connectivity index (χ1n) is 9.91. The van der Waals surface area contributed by atoms with E-state index in [-0.39, 0.29) is 5.69 Å². The molecule has 3 heterocycles. The molecular weight excluding hydrogens is 401 g/mol. The first-order chi connectivity index (χ1) is 14.4. The average molecular weight is 428 g/mol. The van der Waals surface area contributed by atoms with Crippen molar-refractivity contribution in [1.29, 1.82) is 0 Å². The number of anilines is 2. The van der Waals surface area contributed by atoms with Crippen molar-refractivity contribution in [3.63, 3.8) is 0 Å². The van der Waals surface area contributed by atoms with Gasteiger partial charge in [-0.15, -0.1) is 0 Å². The minimum Gasteiger partial charge on any atom is -0.330 e. The highest BCUT2D eigenvalue weighted by molar-refractivity contribution is 7.97. The number of nitrogens with one attached hydrogen (secondary N) is 1. The van der Waals surface area contributed by atoms with Gasteiger partial charge in [0.1, 0.15) is 11.5 Å². The fourth-order valence-electron chi connectivity index (χ4n) is 3.31. The van der Waals surface area contributed by atoms with Crippen LogP contribution in [-0.2, 0) is 7.05 Å². The Balaban J connectivity index is 1.50. The Bertz CT molecular complexity index is 1040. The Kier molecular flexibility index (Phi) is 6.03. The molecule has 0 saturated carbocycles. The van der Waals surface area contributed by atoms with Gasteiger partial charge >= 0.3 is 0 Å². The molecule has 0 amide bonds. The van der Waals surface area contributed by atoms with Crippen molar-refractivity contribution in [2.75, 3.05) is 38.5 Å². The predicted octanol–water partition coefficient (Wildman–Crippen LogP) is 3.63. The molecule has 1 aromatic carbocycles. The summed E-state index contributed by atoms with van der Waals surface area (Å²) in [6.07, 6.45) is 2.82. The summed E-state index contributed by atoms with van der Waals surface area (Å²) in [5, 5.41) is 3.20. The lowest BCUT2D eigenvalue weighted by Crippen LogP contribution is -2.41. The summed E-state index contributed by atoms with van der Waals surface area (Å²) >= 11 is 1.80. The number of rotatable bonds is 5. The van der Waals surface area contributed by atoms with Crippen LogP contribution in [0.15, 0.2) is 35.5 Å². The van der Waals surface area contributed by atoms with Gasteiger partial charge in [-0.2, -0.15) is 0 Å². The third-order valence-electron chi connectivity index (χ3n) is 5.33. The highest BCUT2D eigenvalue weighted by Gasteiger charge is 2.17. The van der Waals surface area contributed by atoms with Crippen molar-refractivity contribution in [2.45, 2.75) is 18.7 Å². The summed E-state index contributed by atoms with van der Waals surface area (Å²) in [4.78, 5) is 16.3. The maximum absolute atomic E-state index is 14.3. The zero-order valence-corrected chi connectivity index (χ0v) is 18.5. The van der Waals surface area contributed by atoms with Crippen LogP contribution in [0.4, 0.5) is 16.0 Å². The van der Waals surface area contributed by atoms with Gasteiger partial charge in [0.15, 0.2) is 5.82 Å². The number of piperazine rings is 1. The molecule has 158 valence electrons. The summed E-state index contributed by atoms with van der Waals surface area (Å²) in [6.45, 7) is 8.25. The number of nitrogens with zero attached hydrogens (tertiary/aromatic N) is 6. The number of imidazole rings is 1. The lowest BCUT2D eigenvalue weighted by atomic mass is 10.2. The zero-order chi connectivity index (χ0) is 21.3. The Morgan fingerprint density at radius 3 is 2.47 bits per heavy atom. The minimum atomic E-state index is -0.473. The van der Waals surface area contributed by atoms with E-state index in [1.807, 2.05) is 24.6 Å². The quantitative estimate of drug-likeness (QED) is 0.624. The molecule has 2 aromatic heterocycles. The fourth-order valence-corrected chi connectivity index (χ4v) is 4.26. The van der Waals surface area contributed by atoms with Crippen LogP contribution in [0.5, 0.6) is 0 Å². The first kappa shape index (κ1) is 20.8. The molecule has 0 spiro atoms. The lowest BCUT2D eigenvalue weighted by molar-refractivity contribution is 0.233. The molecule has 9 heteroatoms. The van der Waals surface area contributed by atoms with E-state index in [0.29, 0.717) is 11.6 Å². The van der Waals surface area contributed by atoms with Crippen LogP contribution in [-0.4, -0.2) is 62.0 Å². The smallest absolute Gasteiger partial charge is 0.227 e. The molecule has 1 aliphatic heterocycles. The molecule has 0 atom stereocenters. The second-order valence-electron chi connectivity index (χ2n) is 7.57. The van der Waals surface area contributed by atoms with Gasteiger partial charge in [0.25, 0.3) is 0 Å². The SMILES string of the molecule is Cc1cc(Nc2ncc(F)c(-c3cnc(C)n3C)n2)ccc1SN1CCN(C)CC1. The lowest BCUT2D eigenvalue weighted by Gasteiger charge is -2.31. The molecule has 0 bridgehead atoms. The Morgan fingerprint density at radius 2 is 1.80 bits per heavy atom. The molecule has 1 aliphatic rings. The van der Waals surface area contributed by atoms with Crippen LogP contribution in [0.3, 0.4) is 0 Å². The number of aromatic nitrogens is 4.